The van der Waals surface area contributed by atoms with Crippen molar-refractivity contribution in [2.24, 2.45) is 23.7 Å². The van der Waals surface area contributed by atoms with Crippen LogP contribution in [0.1, 0.15) is 125 Å². The number of esters is 1. The summed E-state index contributed by atoms with van der Waals surface area (Å²) in [6, 6.07) is 16.0. The predicted octanol–water partition coefficient (Wildman–Crippen LogP) is 14.5. The Morgan fingerprint density at radius 1 is 0.493 bits per heavy atom. The molecule has 20 heteroatoms. The van der Waals surface area contributed by atoms with Crippen molar-refractivity contribution >= 4 is 33.5 Å². The van der Waals surface area contributed by atoms with Gasteiger partial charge >= 0.3 is 36.6 Å². The average molecular weight is 1070 g/mol. The van der Waals surface area contributed by atoms with Crippen molar-refractivity contribution in [1.82, 2.24) is 9.80 Å². The minimum atomic E-state index is -4.71. The molecule has 0 spiro atoms. The lowest BCUT2D eigenvalue weighted by Crippen LogP contribution is -2.44. The third kappa shape index (κ3) is 12.0. The molecule has 0 amide bonds. The number of carboxylic acid groups (broad SMARTS) is 1. The number of benzene rings is 4. The first kappa shape index (κ1) is 54.8. The van der Waals surface area contributed by atoms with Crippen LogP contribution in [0.3, 0.4) is 0 Å². The highest BCUT2D eigenvalue weighted by atomic mass is 19.4. The molecule has 75 heavy (non-hydrogen) atoms. The second-order valence-electron chi connectivity index (χ2n) is 21.5. The fourth-order valence-corrected chi connectivity index (χ4v) is 13.3. The van der Waals surface area contributed by atoms with Gasteiger partial charge in [-0.2, -0.15) is 52.7 Å². The Kier molecular flexibility index (Phi) is 15.7. The molecule has 6 fully saturated rings. The predicted molar refractivity (Wildman–Crippen MR) is 253 cm³/mol. The molecule has 8 nitrogen and oxygen atoms in total. The first-order chi connectivity index (χ1) is 35.4. The Balaban J connectivity index is 0.000000184. The first-order valence-electron chi connectivity index (χ1n) is 25.9. The van der Waals surface area contributed by atoms with E-state index in [1.165, 1.54) is 31.4 Å². The molecule has 4 aliphatic heterocycles. The number of piperidine rings is 2. The summed E-state index contributed by atoms with van der Waals surface area (Å²) >= 11 is 0. The molecule has 4 unspecified atom stereocenters. The van der Waals surface area contributed by atoms with Crippen molar-refractivity contribution < 1.29 is 81.6 Å². The molecule has 6 aliphatic rings. The molecule has 2 aliphatic carbocycles. The molecule has 4 heterocycles. The number of hydrogen-bond acceptors (Lipinski definition) is 7. The summed E-state index contributed by atoms with van der Waals surface area (Å²) in [7, 11) is 1.39. The van der Waals surface area contributed by atoms with Crippen LogP contribution in [-0.2, 0) is 39.8 Å². The molecule has 4 aromatic carbocycles. The zero-order chi connectivity index (χ0) is 53.8. The Hall–Kier alpha value is -4.98. The minimum Gasteiger partial charge on any atom is -0.490 e. The van der Waals surface area contributed by atoms with Gasteiger partial charge in [-0.05, 0) is 148 Å². The van der Waals surface area contributed by atoms with Crippen molar-refractivity contribution in [2.45, 2.75) is 177 Å². The summed E-state index contributed by atoms with van der Waals surface area (Å²) < 4.78 is 180. The van der Waals surface area contributed by atoms with Gasteiger partial charge in [-0.3, -0.25) is 19.4 Å². The van der Waals surface area contributed by atoms with Gasteiger partial charge in [0.05, 0.1) is 43.0 Å². The van der Waals surface area contributed by atoms with Crippen LogP contribution >= 0.6 is 0 Å². The molecule has 0 radical (unpaired) electrons. The van der Waals surface area contributed by atoms with Crippen LogP contribution in [0.25, 0.3) is 21.5 Å². The van der Waals surface area contributed by atoms with Crippen molar-refractivity contribution in [2.75, 3.05) is 7.11 Å². The van der Waals surface area contributed by atoms with Gasteiger partial charge in [0.1, 0.15) is 22.6 Å². The molecule has 2 saturated carbocycles. The lowest BCUT2D eigenvalue weighted by molar-refractivity contribution is -0.186. The van der Waals surface area contributed by atoms with E-state index in [1.807, 2.05) is 6.07 Å². The van der Waals surface area contributed by atoms with Crippen molar-refractivity contribution in [3.05, 3.63) is 82.9 Å². The van der Waals surface area contributed by atoms with E-state index in [4.69, 9.17) is 14.2 Å². The number of carbonyl (C=O) groups excluding carboxylic acids is 1. The van der Waals surface area contributed by atoms with Gasteiger partial charge in [-0.15, -0.1) is 0 Å². The van der Waals surface area contributed by atoms with E-state index in [9.17, 15) is 67.4 Å². The van der Waals surface area contributed by atoms with Gasteiger partial charge < -0.3 is 19.3 Å². The lowest BCUT2D eigenvalue weighted by atomic mass is 9.87. The van der Waals surface area contributed by atoms with Crippen LogP contribution in [0.2, 0.25) is 0 Å². The normalized spacial score (nSPS) is 28.7. The quantitative estimate of drug-likeness (QED) is 0.124. The largest absolute Gasteiger partial charge is 0.490 e. The van der Waals surface area contributed by atoms with Crippen LogP contribution in [-0.4, -0.2) is 82.7 Å². The van der Waals surface area contributed by atoms with Gasteiger partial charge in [0.15, 0.2) is 0 Å². The number of aliphatic carboxylic acids is 1. The summed E-state index contributed by atoms with van der Waals surface area (Å²) in [5.74, 6) is -5.10. The van der Waals surface area contributed by atoms with E-state index >= 15 is 0 Å². The van der Waals surface area contributed by atoms with E-state index in [1.54, 1.807) is 30.3 Å². The first-order valence-corrected chi connectivity index (χ1v) is 25.9. The smallest absolute Gasteiger partial charge is 0.420 e. The molecule has 1 N–H and O–H groups in total. The van der Waals surface area contributed by atoms with Crippen molar-refractivity contribution in [3.63, 3.8) is 0 Å². The number of methoxy groups -OCH3 is 1. The topological polar surface area (TPSA) is 88.5 Å². The Morgan fingerprint density at radius 3 is 1.17 bits per heavy atom. The van der Waals surface area contributed by atoms with E-state index < -0.39 is 65.8 Å². The SMILES string of the molecule is COC(=O)C1CC2CCC(C1)N2Cc1cccc2c(C(F)(F)F)c(OC3CCC(C(F)(F)F)CC3)ccc12.O=C(O)C1CC2CCC(C1)N2Cc1cccc2c(C(F)(F)F)c(OC3CCC(C(F)(F)F)CC3)ccc12. The number of ether oxygens (including phenoxy) is 3. The van der Waals surface area contributed by atoms with Crippen LogP contribution in [0.5, 0.6) is 11.5 Å². The standard InChI is InChI=1S/C28H31F6NO3.C27H29F6NO3/c1-37-26(36)17-13-19-7-8-20(14-17)35(19)15-16-3-2-4-23-22(16)11-12-24(25(23)28(32,33)34)38-21-9-5-18(6-10-21)27(29,30)31;28-26(29,30)17-4-8-20(9-5-17)37-23-11-10-21-15(2-1-3-22(21)24(23)27(31,32)33)14-34-18-6-7-19(34)13-16(12-18)25(35)36/h2-4,11-12,17-21H,5-10,13-15H2,1H3;1-3,10-11,16-20H,4-9,12-14H2,(H,35,36). The van der Waals surface area contributed by atoms with Gasteiger partial charge in [0, 0.05) is 37.3 Å². The highest BCUT2D eigenvalue weighted by Gasteiger charge is 2.47. The van der Waals surface area contributed by atoms with Crippen LogP contribution in [0, 0.1) is 23.7 Å². The molecule has 4 bridgehead atoms. The van der Waals surface area contributed by atoms with Crippen LogP contribution < -0.4 is 9.47 Å². The molecule has 4 saturated heterocycles. The highest BCUT2D eigenvalue weighted by molar-refractivity contribution is 5.92. The maximum absolute atomic E-state index is 14.3. The number of rotatable bonds is 10. The third-order valence-electron chi connectivity index (χ3n) is 17.0. The second-order valence-corrected chi connectivity index (χ2v) is 21.5. The minimum absolute atomic E-state index is 0.000698. The number of carbonyl (C=O) groups is 2. The number of carboxylic acids is 1. The summed E-state index contributed by atoms with van der Waals surface area (Å²) in [6.45, 7) is 0.900. The zero-order valence-corrected chi connectivity index (χ0v) is 41.2. The molecule has 0 aromatic heterocycles. The third-order valence-corrected chi connectivity index (χ3v) is 17.0. The van der Waals surface area contributed by atoms with Crippen LogP contribution in [0.15, 0.2) is 60.7 Å². The second kappa shape index (κ2) is 21.4. The van der Waals surface area contributed by atoms with Crippen molar-refractivity contribution in [1.29, 1.82) is 0 Å². The maximum Gasteiger partial charge on any atom is 0.420 e. The van der Waals surface area contributed by atoms with E-state index in [0.29, 0.717) is 49.5 Å². The maximum atomic E-state index is 14.3. The summed E-state index contributed by atoms with van der Waals surface area (Å²) in [4.78, 5) is 28.1. The number of hydrogen-bond donors (Lipinski definition) is 1. The monoisotopic (exact) mass is 1070 g/mol. The number of fused-ring (bicyclic) bond motifs is 6. The van der Waals surface area contributed by atoms with Crippen molar-refractivity contribution in [3.8, 4) is 11.5 Å². The van der Waals surface area contributed by atoms with Gasteiger partial charge in [0.2, 0.25) is 0 Å². The lowest BCUT2D eigenvalue weighted by Gasteiger charge is -2.38. The highest BCUT2D eigenvalue weighted by Crippen LogP contribution is 2.49. The number of halogens is 12. The molecule has 4 aromatic rings. The fraction of sp³-hybridized carbons (Fsp3) is 0.600. The van der Waals surface area contributed by atoms with E-state index in [2.05, 4.69) is 9.80 Å². The van der Waals surface area contributed by atoms with Gasteiger partial charge in [-0.25, -0.2) is 0 Å². The zero-order valence-electron chi connectivity index (χ0n) is 41.2. The Bertz CT molecular complexity index is 2660. The van der Waals surface area contributed by atoms with E-state index in [-0.39, 0.29) is 116 Å². The molecule has 10 rings (SSSR count). The van der Waals surface area contributed by atoms with Gasteiger partial charge in [-0.1, -0.05) is 48.5 Å². The molecule has 410 valence electrons. The molecular formula is C55H60F12N2O6. The Labute approximate surface area is 426 Å². The molecule has 4 atom stereocenters. The fourth-order valence-electron chi connectivity index (χ4n) is 13.3. The number of alkyl halides is 12. The average Bonchev–Trinajstić information content (AvgIpc) is 3.70. The molecular weight excluding hydrogens is 1010 g/mol. The Morgan fingerprint density at radius 2 is 0.853 bits per heavy atom. The summed E-state index contributed by atoms with van der Waals surface area (Å²) in [6.07, 6.45) is -13.7. The van der Waals surface area contributed by atoms with Crippen LogP contribution in [0.4, 0.5) is 52.7 Å². The summed E-state index contributed by atoms with van der Waals surface area (Å²) in [5, 5.41) is 10.4. The number of nitrogens with zero attached hydrogens (tertiary/aromatic N) is 2. The van der Waals surface area contributed by atoms with Gasteiger partial charge in [0.25, 0.3) is 0 Å². The summed E-state index contributed by atoms with van der Waals surface area (Å²) in [5.41, 5.74) is -0.302. The van der Waals surface area contributed by atoms with E-state index in [0.717, 1.165) is 36.8 Å².